The molecule has 0 aliphatic rings. The van der Waals surface area contributed by atoms with Crippen LogP contribution in [0.5, 0.6) is 0 Å². The zero-order chi connectivity index (χ0) is 11.1. The summed E-state index contributed by atoms with van der Waals surface area (Å²) in [6, 6.07) is 0.302. The van der Waals surface area contributed by atoms with Crippen LogP contribution in [0.4, 0.5) is 0 Å². The van der Waals surface area contributed by atoms with Crippen LogP contribution in [0.3, 0.4) is 0 Å². The van der Waals surface area contributed by atoms with Crippen molar-refractivity contribution in [3.63, 3.8) is 0 Å². The standard InChI is InChI=1S/C10H22N2OS/c1-7(2)10(13)9(5-6-14-11)12-8(3)4/h7-9,12H,5-6,11H2,1-4H3. The Morgan fingerprint density at radius 2 is 1.93 bits per heavy atom. The van der Waals surface area contributed by atoms with Gasteiger partial charge in [0.1, 0.15) is 0 Å². The van der Waals surface area contributed by atoms with Gasteiger partial charge in [-0.05, 0) is 6.42 Å². The second kappa shape index (κ2) is 7.26. The lowest BCUT2D eigenvalue weighted by atomic mass is 9.99. The van der Waals surface area contributed by atoms with E-state index < -0.39 is 0 Å². The molecule has 0 aliphatic carbocycles. The minimum atomic E-state index is -0.0361. The van der Waals surface area contributed by atoms with E-state index in [0.717, 1.165) is 12.2 Å². The van der Waals surface area contributed by atoms with Gasteiger partial charge in [-0.25, -0.2) is 0 Å². The Bertz CT molecular complexity index is 172. The van der Waals surface area contributed by atoms with E-state index in [1.165, 1.54) is 11.9 Å². The van der Waals surface area contributed by atoms with E-state index in [1.807, 2.05) is 13.8 Å². The first-order chi connectivity index (χ1) is 6.49. The van der Waals surface area contributed by atoms with E-state index in [4.69, 9.17) is 5.14 Å². The Morgan fingerprint density at radius 3 is 2.29 bits per heavy atom. The lowest BCUT2D eigenvalue weighted by Gasteiger charge is -2.21. The van der Waals surface area contributed by atoms with E-state index in [2.05, 4.69) is 19.2 Å². The molecule has 0 aromatic carbocycles. The second-order valence-corrected chi connectivity index (χ2v) is 4.83. The zero-order valence-electron chi connectivity index (χ0n) is 9.54. The predicted octanol–water partition coefficient (Wildman–Crippen LogP) is 1.58. The van der Waals surface area contributed by atoms with Crippen molar-refractivity contribution < 1.29 is 4.79 Å². The number of nitrogens with one attached hydrogen (secondary N) is 1. The molecule has 0 aromatic heterocycles. The van der Waals surface area contributed by atoms with Crippen LogP contribution in [0, 0.1) is 5.92 Å². The zero-order valence-corrected chi connectivity index (χ0v) is 10.4. The first kappa shape index (κ1) is 13.9. The van der Waals surface area contributed by atoms with Gasteiger partial charge in [-0.15, -0.1) is 0 Å². The van der Waals surface area contributed by atoms with E-state index in [1.54, 1.807) is 0 Å². The van der Waals surface area contributed by atoms with Crippen molar-refractivity contribution in [3.8, 4) is 0 Å². The van der Waals surface area contributed by atoms with Crippen molar-refractivity contribution in [3.05, 3.63) is 0 Å². The summed E-state index contributed by atoms with van der Waals surface area (Å²) in [5.74, 6) is 1.20. The third-order valence-electron chi connectivity index (χ3n) is 1.97. The van der Waals surface area contributed by atoms with Gasteiger partial charge in [0.05, 0.1) is 6.04 Å². The van der Waals surface area contributed by atoms with Gasteiger partial charge in [-0.3, -0.25) is 9.93 Å². The average Bonchev–Trinajstić information content (AvgIpc) is 2.10. The molecule has 1 atom stereocenters. The summed E-state index contributed by atoms with van der Waals surface area (Å²) in [7, 11) is 0. The molecule has 0 saturated heterocycles. The quantitative estimate of drug-likeness (QED) is 0.637. The molecule has 0 heterocycles. The van der Waals surface area contributed by atoms with Crippen LogP contribution in [-0.2, 0) is 4.79 Å². The number of carbonyl (C=O) groups is 1. The lowest BCUT2D eigenvalue weighted by Crippen LogP contribution is -2.43. The van der Waals surface area contributed by atoms with Crippen molar-refractivity contribution in [1.29, 1.82) is 0 Å². The molecule has 0 radical (unpaired) electrons. The molecular formula is C10H22N2OS. The molecule has 0 aliphatic heterocycles. The number of hydrogen-bond donors (Lipinski definition) is 2. The normalized spacial score (nSPS) is 13.6. The van der Waals surface area contributed by atoms with Gasteiger partial charge in [0.2, 0.25) is 0 Å². The number of nitrogens with two attached hydrogens (primary N) is 1. The molecule has 0 saturated carbocycles. The van der Waals surface area contributed by atoms with Gasteiger partial charge in [-0.1, -0.05) is 39.6 Å². The third kappa shape index (κ3) is 5.62. The van der Waals surface area contributed by atoms with Crippen LogP contribution < -0.4 is 10.5 Å². The summed E-state index contributed by atoms with van der Waals surface area (Å²) < 4.78 is 0. The second-order valence-electron chi connectivity index (χ2n) is 4.09. The number of ketones is 1. The van der Waals surface area contributed by atoms with Crippen molar-refractivity contribution >= 4 is 17.7 Å². The largest absolute Gasteiger partial charge is 0.305 e. The Morgan fingerprint density at radius 1 is 1.36 bits per heavy atom. The predicted molar refractivity (Wildman–Crippen MR) is 63.2 cm³/mol. The summed E-state index contributed by atoms with van der Waals surface area (Å²) in [6.45, 7) is 7.98. The molecular weight excluding hydrogens is 196 g/mol. The van der Waals surface area contributed by atoms with Crippen molar-refractivity contribution in [2.24, 2.45) is 11.1 Å². The minimum Gasteiger partial charge on any atom is -0.305 e. The van der Waals surface area contributed by atoms with Gasteiger partial charge < -0.3 is 5.32 Å². The highest BCUT2D eigenvalue weighted by Gasteiger charge is 2.20. The van der Waals surface area contributed by atoms with E-state index >= 15 is 0 Å². The molecule has 0 amide bonds. The minimum absolute atomic E-state index is 0.0361. The lowest BCUT2D eigenvalue weighted by molar-refractivity contribution is -0.124. The van der Waals surface area contributed by atoms with E-state index in [-0.39, 0.29) is 17.7 Å². The molecule has 0 bridgehead atoms. The van der Waals surface area contributed by atoms with Crippen LogP contribution in [0.25, 0.3) is 0 Å². The van der Waals surface area contributed by atoms with Crippen LogP contribution in [0.1, 0.15) is 34.1 Å². The van der Waals surface area contributed by atoms with Crippen LogP contribution >= 0.6 is 11.9 Å². The smallest absolute Gasteiger partial charge is 0.152 e. The molecule has 3 nitrogen and oxygen atoms in total. The fourth-order valence-corrected chi connectivity index (χ4v) is 1.67. The van der Waals surface area contributed by atoms with Crippen LogP contribution in [0.2, 0.25) is 0 Å². The highest BCUT2D eigenvalue weighted by Crippen LogP contribution is 2.07. The maximum Gasteiger partial charge on any atom is 0.152 e. The SMILES string of the molecule is CC(C)NC(CCSN)C(=O)C(C)C. The maximum absolute atomic E-state index is 11.8. The monoisotopic (exact) mass is 218 g/mol. The summed E-state index contributed by atoms with van der Waals surface area (Å²) >= 11 is 1.29. The van der Waals surface area contributed by atoms with E-state index in [9.17, 15) is 4.79 Å². The van der Waals surface area contributed by atoms with Gasteiger partial charge in [-0.2, -0.15) is 0 Å². The van der Waals surface area contributed by atoms with Crippen molar-refractivity contribution in [2.45, 2.75) is 46.2 Å². The molecule has 0 spiro atoms. The highest BCUT2D eigenvalue weighted by atomic mass is 32.2. The summed E-state index contributed by atoms with van der Waals surface area (Å²) in [5.41, 5.74) is 0. The Labute approximate surface area is 91.3 Å². The summed E-state index contributed by atoms with van der Waals surface area (Å²) in [4.78, 5) is 11.8. The van der Waals surface area contributed by atoms with Crippen molar-refractivity contribution in [1.82, 2.24) is 5.32 Å². The van der Waals surface area contributed by atoms with Gasteiger partial charge in [0, 0.05) is 17.7 Å². The van der Waals surface area contributed by atoms with Crippen LogP contribution in [-0.4, -0.2) is 23.6 Å². The topological polar surface area (TPSA) is 55.1 Å². The molecule has 14 heavy (non-hydrogen) atoms. The maximum atomic E-state index is 11.8. The Kier molecular flexibility index (Phi) is 7.23. The molecule has 84 valence electrons. The van der Waals surface area contributed by atoms with Crippen LogP contribution in [0.15, 0.2) is 0 Å². The number of Topliss-reactive ketones (excluding diaryl/α,β-unsaturated/α-hetero) is 1. The molecule has 0 aromatic rings. The number of hydrogen-bond acceptors (Lipinski definition) is 4. The summed E-state index contributed by atoms with van der Waals surface area (Å²) in [5, 5.41) is 8.64. The fraction of sp³-hybridized carbons (Fsp3) is 0.900. The van der Waals surface area contributed by atoms with Crippen molar-refractivity contribution in [2.75, 3.05) is 5.75 Å². The number of rotatable bonds is 7. The molecule has 1 unspecified atom stereocenters. The fourth-order valence-electron chi connectivity index (χ4n) is 1.30. The Hall–Kier alpha value is -0.0600. The van der Waals surface area contributed by atoms with Gasteiger partial charge in [0.15, 0.2) is 5.78 Å². The number of carbonyl (C=O) groups excluding carboxylic acids is 1. The van der Waals surface area contributed by atoms with E-state index in [0.29, 0.717) is 6.04 Å². The van der Waals surface area contributed by atoms with Gasteiger partial charge in [0.25, 0.3) is 0 Å². The first-order valence-corrected chi connectivity index (χ1v) is 6.15. The third-order valence-corrected chi connectivity index (χ3v) is 2.44. The van der Waals surface area contributed by atoms with Gasteiger partial charge >= 0.3 is 0 Å². The average molecular weight is 218 g/mol. The molecule has 3 N–H and O–H groups in total. The Balaban J connectivity index is 4.15. The molecule has 0 rings (SSSR count). The molecule has 0 fully saturated rings. The highest BCUT2D eigenvalue weighted by molar-refractivity contribution is 7.97. The summed E-state index contributed by atoms with van der Waals surface area (Å²) in [6.07, 6.45) is 0.816. The first-order valence-electron chi connectivity index (χ1n) is 5.10. The molecule has 4 heteroatoms.